The number of ether oxygens (including phenoxy) is 6. The monoisotopic (exact) mass is 616 g/mol. The zero-order valence-electron chi connectivity index (χ0n) is 25.2. The summed E-state index contributed by atoms with van der Waals surface area (Å²) in [5.41, 5.74) is 2.95. The number of aliphatic carboxylic acids is 1. The van der Waals surface area contributed by atoms with Gasteiger partial charge in [0.05, 0.1) is 0 Å². The van der Waals surface area contributed by atoms with E-state index in [1.165, 1.54) is 13.0 Å². The maximum atomic E-state index is 12.2. The lowest BCUT2D eigenvalue weighted by Gasteiger charge is -2.43. The summed E-state index contributed by atoms with van der Waals surface area (Å²) in [4.78, 5) is 58.7. The smallest absolute Gasteiger partial charge is 0.328 e. The number of nitrogens with one attached hydrogen (secondary N) is 1. The van der Waals surface area contributed by atoms with Crippen molar-refractivity contribution >= 4 is 35.9 Å². The van der Waals surface area contributed by atoms with Crippen LogP contribution in [-0.2, 0) is 54.1 Å². The van der Waals surface area contributed by atoms with E-state index >= 15 is 0 Å². The van der Waals surface area contributed by atoms with Crippen LogP contribution in [0.4, 0.5) is 0 Å². The van der Waals surface area contributed by atoms with Gasteiger partial charge in [0, 0.05) is 51.4 Å². The van der Waals surface area contributed by atoms with Crippen molar-refractivity contribution in [1.29, 1.82) is 0 Å². The number of esters is 4. The van der Waals surface area contributed by atoms with Crippen LogP contribution in [0.2, 0.25) is 0 Å². The average Bonchev–Trinajstić information content (AvgIpc) is 3.31. The maximum absolute atomic E-state index is 12.2. The summed E-state index contributed by atoms with van der Waals surface area (Å²) in [6.07, 6.45) is -3.89. The second-order valence-electron chi connectivity index (χ2n) is 10.4. The number of carboxylic acid groups (broad SMARTS) is 1. The van der Waals surface area contributed by atoms with E-state index in [2.05, 4.69) is 10.2 Å². The number of carboxylic acids is 1. The lowest BCUT2D eigenvalue weighted by Crippen LogP contribution is -2.63. The molecular formula is C30H36N2O12. The van der Waals surface area contributed by atoms with Crippen LogP contribution >= 0.6 is 0 Å². The van der Waals surface area contributed by atoms with Crippen molar-refractivity contribution < 1.29 is 57.5 Å². The van der Waals surface area contributed by atoms with Gasteiger partial charge >= 0.3 is 29.8 Å². The molecule has 5 atom stereocenters. The normalized spacial score (nSPS) is 21.5. The minimum absolute atomic E-state index is 0.0111. The predicted molar refractivity (Wildman–Crippen MR) is 151 cm³/mol. The molecule has 1 fully saturated rings. The van der Waals surface area contributed by atoms with Gasteiger partial charge in [-0.3, -0.25) is 24.3 Å². The standard InChI is InChI=1S/C30H36N2O12/c1-15(2)25-22(13-21-9-7-20(8-10-21)11-12-24(37)38)29(32-31-25)44-30-28(42-19(6)36)27(41-18(5)35)26(40-17(4)34)23(43-30)14-39-16(3)33/h7-12,15,23,26-28,30H,13-14H2,1-6H3,(H,31,32)(H,37,38)/b12-11+/t23-,26-,27+,28-,30+/m1/s1. The highest BCUT2D eigenvalue weighted by Crippen LogP contribution is 2.34. The first kappa shape index (κ1) is 33.8. The number of hydrogen-bond donors (Lipinski definition) is 2. The highest BCUT2D eigenvalue weighted by atomic mass is 16.7. The Morgan fingerprint density at radius 1 is 0.909 bits per heavy atom. The van der Waals surface area contributed by atoms with Crippen molar-refractivity contribution in [3.63, 3.8) is 0 Å². The van der Waals surface area contributed by atoms with Crippen LogP contribution in [-0.4, -0.2) is 82.5 Å². The Morgan fingerprint density at radius 3 is 2.05 bits per heavy atom. The van der Waals surface area contributed by atoms with Crippen LogP contribution in [0, 0.1) is 0 Å². The van der Waals surface area contributed by atoms with Crippen LogP contribution in [0.5, 0.6) is 5.88 Å². The van der Waals surface area contributed by atoms with E-state index in [-0.39, 0.29) is 11.8 Å². The molecule has 3 rings (SSSR count). The summed E-state index contributed by atoms with van der Waals surface area (Å²) in [6.45, 7) is 8.09. The molecule has 1 aromatic heterocycles. The van der Waals surface area contributed by atoms with Gasteiger partial charge in [-0.2, -0.15) is 0 Å². The number of rotatable bonds is 12. The van der Waals surface area contributed by atoms with E-state index in [1.807, 2.05) is 26.0 Å². The van der Waals surface area contributed by atoms with Crippen molar-refractivity contribution in [3.8, 4) is 5.88 Å². The van der Waals surface area contributed by atoms with Gasteiger partial charge in [0.15, 0.2) is 12.2 Å². The molecule has 1 aliphatic rings. The van der Waals surface area contributed by atoms with Crippen molar-refractivity contribution in [2.45, 2.75) is 84.6 Å². The Morgan fingerprint density at radius 2 is 1.50 bits per heavy atom. The Kier molecular flexibility index (Phi) is 11.6. The summed E-state index contributed by atoms with van der Waals surface area (Å²) in [6, 6.07) is 7.20. The SMILES string of the molecule is CC(=O)OC[C@H]1O[C@@H](Oc2n[nH]c(C(C)C)c2Cc2ccc(/C=C/C(=O)O)cc2)[C@H](OC(C)=O)[C@@H](OC(C)=O)[C@@H]1OC(C)=O. The Bertz CT molecular complexity index is 1380. The first-order chi connectivity index (χ1) is 20.7. The molecule has 2 heterocycles. The summed E-state index contributed by atoms with van der Waals surface area (Å²) in [5, 5.41) is 16.2. The third-order valence-electron chi connectivity index (χ3n) is 6.39. The molecule has 0 aliphatic carbocycles. The van der Waals surface area contributed by atoms with Gasteiger partial charge in [-0.05, 0) is 23.1 Å². The number of hydrogen-bond acceptors (Lipinski definition) is 12. The van der Waals surface area contributed by atoms with E-state index < -0.39 is 67.2 Å². The molecule has 14 nitrogen and oxygen atoms in total. The number of benzene rings is 1. The number of nitrogens with zero attached hydrogens (tertiary/aromatic N) is 1. The quantitative estimate of drug-likeness (QED) is 0.201. The lowest BCUT2D eigenvalue weighted by molar-refractivity contribution is -0.289. The number of aromatic amines is 1. The lowest BCUT2D eigenvalue weighted by atomic mass is 9.97. The van der Waals surface area contributed by atoms with Crippen LogP contribution in [0.25, 0.3) is 6.08 Å². The van der Waals surface area contributed by atoms with E-state index in [9.17, 15) is 24.0 Å². The maximum Gasteiger partial charge on any atom is 0.328 e. The minimum Gasteiger partial charge on any atom is -0.478 e. The number of carbonyl (C=O) groups excluding carboxylic acids is 4. The summed E-state index contributed by atoms with van der Waals surface area (Å²) < 4.78 is 33.7. The van der Waals surface area contributed by atoms with E-state index in [4.69, 9.17) is 33.5 Å². The molecule has 1 saturated heterocycles. The minimum atomic E-state index is -1.44. The molecule has 1 aromatic carbocycles. The van der Waals surface area contributed by atoms with Gasteiger partial charge in [0.2, 0.25) is 18.3 Å². The fourth-order valence-electron chi connectivity index (χ4n) is 4.62. The average molecular weight is 617 g/mol. The van der Waals surface area contributed by atoms with E-state index in [0.29, 0.717) is 17.5 Å². The molecule has 0 saturated carbocycles. The molecule has 2 aromatic rings. The Hall–Kier alpha value is -4.72. The highest BCUT2D eigenvalue weighted by Gasteiger charge is 2.53. The fourth-order valence-corrected chi connectivity index (χ4v) is 4.62. The first-order valence-corrected chi connectivity index (χ1v) is 13.8. The molecular weight excluding hydrogens is 580 g/mol. The molecule has 0 bridgehead atoms. The summed E-state index contributed by atoms with van der Waals surface area (Å²) >= 11 is 0. The molecule has 1 aliphatic heterocycles. The summed E-state index contributed by atoms with van der Waals surface area (Å²) in [5.74, 6) is -3.87. The second-order valence-corrected chi connectivity index (χ2v) is 10.4. The van der Waals surface area contributed by atoms with Crippen LogP contribution in [0.15, 0.2) is 30.3 Å². The molecule has 0 spiro atoms. The fraction of sp³-hybridized carbons (Fsp3) is 0.467. The van der Waals surface area contributed by atoms with Crippen LogP contribution in [0.3, 0.4) is 0 Å². The third-order valence-corrected chi connectivity index (χ3v) is 6.39. The Labute approximate surface area is 253 Å². The van der Waals surface area contributed by atoms with Crippen LogP contribution in [0.1, 0.15) is 69.8 Å². The molecule has 14 heteroatoms. The van der Waals surface area contributed by atoms with Crippen molar-refractivity contribution in [3.05, 3.63) is 52.7 Å². The molecule has 0 radical (unpaired) electrons. The van der Waals surface area contributed by atoms with Gasteiger partial charge in [0.1, 0.15) is 12.7 Å². The summed E-state index contributed by atoms with van der Waals surface area (Å²) in [7, 11) is 0. The molecule has 238 valence electrons. The van der Waals surface area contributed by atoms with Gasteiger partial charge in [0.25, 0.3) is 0 Å². The number of aromatic nitrogens is 2. The first-order valence-electron chi connectivity index (χ1n) is 13.8. The van der Waals surface area contributed by atoms with Crippen molar-refractivity contribution in [1.82, 2.24) is 10.2 Å². The highest BCUT2D eigenvalue weighted by molar-refractivity contribution is 5.85. The number of carbonyl (C=O) groups is 5. The molecule has 44 heavy (non-hydrogen) atoms. The van der Waals surface area contributed by atoms with E-state index in [0.717, 1.165) is 38.1 Å². The number of H-pyrrole nitrogens is 1. The zero-order valence-corrected chi connectivity index (χ0v) is 25.2. The van der Waals surface area contributed by atoms with Crippen molar-refractivity contribution in [2.75, 3.05) is 6.61 Å². The van der Waals surface area contributed by atoms with Gasteiger partial charge in [-0.1, -0.05) is 38.1 Å². The molecule has 2 N–H and O–H groups in total. The Balaban J connectivity index is 2.01. The van der Waals surface area contributed by atoms with Crippen molar-refractivity contribution in [2.24, 2.45) is 0 Å². The van der Waals surface area contributed by atoms with Gasteiger partial charge in [-0.15, -0.1) is 5.10 Å². The second kappa shape index (κ2) is 15.1. The third kappa shape index (κ3) is 9.39. The zero-order chi connectivity index (χ0) is 32.6. The predicted octanol–water partition coefficient (Wildman–Crippen LogP) is 2.68. The van der Waals surface area contributed by atoms with E-state index in [1.54, 1.807) is 12.1 Å². The van der Waals surface area contributed by atoms with Gasteiger partial charge < -0.3 is 33.5 Å². The topological polar surface area (TPSA) is 190 Å². The largest absolute Gasteiger partial charge is 0.478 e. The molecule has 0 unspecified atom stereocenters. The van der Waals surface area contributed by atoms with Crippen LogP contribution < -0.4 is 4.74 Å². The van der Waals surface area contributed by atoms with Gasteiger partial charge in [-0.25, -0.2) is 4.79 Å². The molecule has 0 amide bonds.